The van der Waals surface area contributed by atoms with Crippen molar-refractivity contribution in [3.05, 3.63) is 53.9 Å². The largest absolute Gasteiger partial charge is 0.299 e. The average molecular weight is 213 g/mol. The van der Waals surface area contributed by atoms with Gasteiger partial charge in [-0.1, -0.05) is 35.5 Å². The van der Waals surface area contributed by atoms with Gasteiger partial charge in [-0.05, 0) is 17.7 Å². The van der Waals surface area contributed by atoms with E-state index in [9.17, 15) is 4.79 Å². The maximum atomic E-state index is 10.1. The van der Waals surface area contributed by atoms with Gasteiger partial charge in [-0.15, -0.1) is 5.10 Å². The Morgan fingerprint density at radius 1 is 1.25 bits per heavy atom. The zero-order valence-electron chi connectivity index (χ0n) is 8.65. The third kappa shape index (κ3) is 2.63. The van der Waals surface area contributed by atoms with Gasteiger partial charge in [0.15, 0.2) is 0 Å². The van der Waals surface area contributed by atoms with Crippen LogP contribution in [0.1, 0.15) is 11.3 Å². The van der Waals surface area contributed by atoms with Crippen molar-refractivity contribution in [3.63, 3.8) is 0 Å². The topological polar surface area (TPSA) is 47.8 Å². The Labute approximate surface area is 93.2 Å². The molecule has 0 saturated heterocycles. The number of allylic oxidation sites excluding steroid dienone is 1. The van der Waals surface area contributed by atoms with Crippen molar-refractivity contribution < 1.29 is 4.79 Å². The monoisotopic (exact) mass is 213 g/mol. The summed E-state index contributed by atoms with van der Waals surface area (Å²) in [6.45, 7) is 0.683. The Morgan fingerprint density at radius 2 is 2.06 bits per heavy atom. The summed E-state index contributed by atoms with van der Waals surface area (Å²) in [4.78, 5) is 10.1. The molecule has 0 aliphatic heterocycles. The van der Waals surface area contributed by atoms with Crippen molar-refractivity contribution in [1.29, 1.82) is 0 Å². The standard InChI is InChI=1S/C12H11N3O/c16-8-4-7-12-10-15(14-13-12)9-11-5-2-1-3-6-11/h1-8,10H,9H2. The molecule has 0 aliphatic carbocycles. The van der Waals surface area contributed by atoms with Gasteiger partial charge in [0.1, 0.15) is 12.0 Å². The highest BCUT2D eigenvalue weighted by Crippen LogP contribution is 2.02. The van der Waals surface area contributed by atoms with Crippen molar-refractivity contribution in [3.8, 4) is 0 Å². The first-order chi connectivity index (χ1) is 7.88. The summed E-state index contributed by atoms with van der Waals surface area (Å²) < 4.78 is 1.74. The van der Waals surface area contributed by atoms with Crippen LogP contribution in [-0.2, 0) is 11.3 Å². The number of carbonyl (C=O) groups is 1. The summed E-state index contributed by atoms with van der Waals surface area (Å²) in [6, 6.07) is 10.0. The molecule has 0 spiro atoms. The van der Waals surface area contributed by atoms with Gasteiger partial charge in [-0.3, -0.25) is 4.79 Å². The summed E-state index contributed by atoms with van der Waals surface area (Å²) in [5.74, 6) is 0. The molecule has 0 radical (unpaired) electrons. The first-order valence-electron chi connectivity index (χ1n) is 4.94. The number of nitrogens with zero attached hydrogens (tertiary/aromatic N) is 3. The highest BCUT2D eigenvalue weighted by molar-refractivity contribution is 5.72. The second-order valence-corrected chi connectivity index (χ2v) is 3.32. The van der Waals surface area contributed by atoms with E-state index in [1.54, 1.807) is 17.0 Å². The molecule has 0 bridgehead atoms. The smallest absolute Gasteiger partial charge is 0.142 e. The molecule has 4 heteroatoms. The Hall–Kier alpha value is -2.23. The lowest BCUT2D eigenvalue weighted by Crippen LogP contribution is -1.99. The van der Waals surface area contributed by atoms with E-state index in [2.05, 4.69) is 10.3 Å². The summed E-state index contributed by atoms with van der Waals surface area (Å²) in [7, 11) is 0. The van der Waals surface area contributed by atoms with Crippen LogP contribution in [0.5, 0.6) is 0 Å². The molecule has 0 amide bonds. The molecule has 0 aliphatic rings. The minimum absolute atomic E-state index is 0.683. The molecule has 0 saturated carbocycles. The quantitative estimate of drug-likeness (QED) is 0.571. The minimum atomic E-state index is 0.683. The molecule has 0 fully saturated rings. The maximum Gasteiger partial charge on any atom is 0.142 e. The fourth-order valence-electron chi connectivity index (χ4n) is 1.38. The van der Waals surface area contributed by atoms with E-state index in [-0.39, 0.29) is 0 Å². The fourth-order valence-corrected chi connectivity index (χ4v) is 1.38. The predicted octanol–water partition coefficient (Wildman–Crippen LogP) is 1.54. The lowest BCUT2D eigenvalue weighted by Gasteiger charge is -1.98. The maximum absolute atomic E-state index is 10.1. The minimum Gasteiger partial charge on any atom is -0.299 e. The van der Waals surface area contributed by atoms with Gasteiger partial charge in [0.05, 0.1) is 12.7 Å². The molecule has 1 aromatic heterocycles. The normalized spacial score (nSPS) is 10.8. The number of benzene rings is 1. The summed E-state index contributed by atoms with van der Waals surface area (Å²) in [5, 5.41) is 7.88. The Bertz CT molecular complexity index is 488. The van der Waals surface area contributed by atoms with Crippen LogP contribution in [0.15, 0.2) is 42.6 Å². The van der Waals surface area contributed by atoms with Crippen molar-refractivity contribution >= 4 is 12.4 Å². The number of aldehydes is 1. The number of hydrogen-bond donors (Lipinski definition) is 0. The molecule has 16 heavy (non-hydrogen) atoms. The number of carbonyl (C=O) groups excluding carboxylic acids is 1. The highest BCUT2D eigenvalue weighted by Gasteiger charge is 1.97. The van der Waals surface area contributed by atoms with Gasteiger partial charge >= 0.3 is 0 Å². The van der Waals surface area contributed by atoms with Gasteiger partial charge in [0, 0.05) is 0 Å². The fraction of sp³-hybridized carbons (Fsp3) is 0.0833. The first-order valence-corrected chi connectivity index (χ1v) is 4.94. The second-order valence-electron chi connectivity index (χ2n) is 3.32. The van der Waals surface area contributed by atoms with Gasteiger partial charge in [0.2, 0.25) is 0 Å². The van der Waals surface area contributed by atoms with Gasteiger partial charge in [-0.25, -0.2) is 4.68 Å². The Morgan fingerprint density at radius 3 is 2.81 bits per heavy atom. The molecule has 1 aromatic carbocycles. The van der Waals surface area contributed by atoms with Crippen LogP contribution in [-0.4, -0.2) is 21.3 Å². The zero-order chi connectivity index (χ0) is 11.2. The van der Waals surface area contributed by atoms with Crippen molar-refractivity contribution in [1.82, 2.24) is 15.0 Å². The summed E-state index contributed by atoms with van der Waals surface area (Å²) in [6.07, 6.45) is 5.54. The van der Waals surface area contributed by atoms with E-state index < -0.39 is 0 Å². The van der Waals surface area contributed by atoms with Crippen LogP contribution >= 0.6 is 0 Å². The zero-order valence-corrected chi connectivity index (χ0v) is 8.65. The molecule has 4 nitrogen and oxygen atoms in total. The molecular weight excluding hydrogens is 202 g/mol. The van der Waals surface area contributed by atoms with Gasteiger partial charge in [0.25, 0.3) is 0 Å². The van der Waals surface area contributed by atoms with Crippen molar-refractivity contribution in [2.24, 2.45) is 0 Å². The lowest BCUT2D eigenvalue weighted by atomic mass is 10.2. The van der Waals surface area contributed by atoms with Gasteiger partial charge < -0.3 is 0 Å². The van der Waals surface area contributed by atoms with E-state index in [1.165, 1.54) is 11.6 Å². The Kier molecular flexibility index (Phi) is 3.23. The summed E-state index contributed by atoms with van der Waals surface area (Å²) in [5.41, 5.74) is 1.85. The molecule has 1 heterocycles. The van der Waals surface area contributed by atoms with E-state index in [0.717, 1.165) is 6.29 Å². The molecule has 80 valence electrons. The molecule has 0 N–H and O–H groups in total. The third-order valence-electron chi connectivity index (χ3n) is 2.09. The molecule has 0 atom stereocenters. The van der Waals surface area contributed by atoms with Crippen LogP contribution in [0.4, 0.5) is 0 Å². The van der Waals surface area contributed by atoms with Crippen LogP contribution in [0.25, 0.3) is 6.08 Å². The van der Waals surface area contributed by atoms with Crippen molar-refractivity contribution in [2.45, 2.75) is 6.54 Å². The second kappa shape index (κ2) is 5.02. The third-order valence-corrected chi connectivity index (χ3v) is 2.09. The van der Waals surface area contributed by atoms with E-state index in [4.69, 9.17) is 0 Å². The number of rotatable bonds is 4. The SMILES string of the molecule is O=CC=Cc1cn(Cc2ccccc2)nn1. The van der Waals surface area contributed by atoms with E-state index in [0.29, 0.717) is 12.2 Å². The highest BCUT2D eigenvalue weighted by atomic mass is 16.1. The molecular formula is C12H11N3O. The number of hydrogen-bond acceptors (Lipinski definition) is 3. The van der Waals surface area contributed by atoms with Gasteiger partial charge in [-0.2, -0.15) is 0 Å². The Balaban J connectivity index is 2.08. The first kappa shape index (κ1) is 10.3. The van der Waals surface area contributed by atoms with Crippen LogP contribution in [0.2, 0.25) is 0 Å². The summed E-state index contributed by atoms with van der Waals surface area (Å²) >= 11 is 0. The van der Waals surface area contributed by atoms with E-state index in [1.807, 2.05) is 30.3 Å². The van der Waals surface area contributed by atoms with Crippen molar-refractivity contribution in [2.75, 3.05) is 0 Å². The number of aromatic nitrogens is 3. The van der Waals surface area contributed by atoms with Crippen LogP contribution < -0.4 is 0 Å². The molecule has 2 aromatic rings. The average Bonchev–Trinajstić information content (AvgIpc) is 2.75. The van der Waals surface area contributed by atoms with Crippen LogP contribution in [0, 0.1) is 0 Å². The van der Waals surface area contributed by atoms with E-state index >= 15 is 0 Å². The molecule has 2 rings (SSSR count). The lowest BCUT2D eigenvalue weighted by molar-refractivity contribution is -0.104. The predicted molar refractivity (Wildman–Crippen MR) is 60.7 cm³/mol. The molecule has 0 unspecified atom stereocenters. The van der Waals surface area contributed by atoms with Crippen LogP contribution in [0.3, 0.4) is 0 Å².